The fourth-order valence-corrected chi connectivity index (χ4v) is 4.50. The molecule has 0 saturated carbocycles. The minimum atomic E-state index is -0.639. The highest BCUT2D eigenvalue weighted by Gasteiger charge is 2.41. The van der Waals surface area contributed by atoms with Crippen molar-refractivity contribution in [2.75, 3.05) is 6.61 Å². The molecule has 1 aliphatic carbocycles. The lowest BCUT2D eigenvalue weighted by Gasteiger charge is -2.36. The number of rotatable bonds is 4. The van der Waals surface area contributed by atoms with Gasteiger partial charge in [0.05, 0.1) is 12.2 Å². The van der Waals surface area contributed by atoms with E-state index in [1.165, 1.54) is 12.1 Å². The highest BCUT2D eigenvalue weighted by Crippen LogP contribution is 2.45. The molecule has 0 aromatic heterocycles. The molecule has 5 heteroatoms. The number of carbonyl (C=O) groups is 2. The summed E-state index contributed by atoms with van der Waals surface area (Å²) in [6.07, 6.45) is 1.01. The maximum Gasteiger partial charge on any atom is 0.336 e. The third kappa shape index (κ3) is 3.67. The SMILES string of the molecule is CCOC(=O)C1=C(C)NC2=C(C(=O)C[C@@H](c3ccccc3)C2)[C@@H]1c1cccc(F)c1. The van der Waals surface area contributed by atoms with Gasteiger partial charge in [0.2, 0.25) is 0 Å². The quantitative estimate of drug-likeness (QED) is 0.746. The van der Waals surface area contributed by atoms with E-state index in [1.807, 2.05) is 30.3 Å². The number of Topliss-reactive ketones (excluding diaryl/α,β-unsaturated/α-hetero) is 1. The fourth-order valence-electron chi connectivity index (χ4n) is 4.50. The molecule has 0 spiro atoms. The van der Waals surface area contributed by atoms with Crippen molar-refractivity contribution in [3.05, 3.63) is 94.1 Å². The number of hydrogen-bond acceptors (Lipinski definition) is 4. The number of nitrogens with one attached hydrogen (secondary N) is 1. The van der Waals surface area contributed by atoms with E-state index >= 15 is 0 Å². The molecule has 2 aliphatic rings. The lowest BCUT2D eigenvalue weighted by molar-refractivity contribution is -0.138. The Morgan fingerprint density at radius 2 is 1.83 bits per heavy atom. The first-order valence-electron chi connectivity index (χ1n) is 10.2. The van der Waals surface area contributed by atoms with Gasteiger partial charge in [-0.05, 0) is 49.4 Å². The molecule has 154 valence electrons. The molecule has 1 N–H and O–H groups in total. The third-order valence-electron chi connectivity index (χ3n) is 5.78. The van der Waals surface area contributed by atoms with Gasteiger partial charge in [-0.15, -0.1) is 0 Å². The molecule has 2 aromatic carbocycles. The topological polar surface area (TPSA) is 55.4 Å². The highest BCUT2D eigenvalue weighted by molar-refractivity contribution is 6.04. The summed E-state index contributed by atoms with van der Waals surface area (Å²) >= 11 is 0. The molecule has 0 amide bonds. The molecule has 2 aromatic rings. The molecule has 0 fully saturated rings. The number of ether oxygens (including phenoxy) is 1. The van der Waals surface area contributed by atoms with E-state index < -0.39 is 17.7 Å². The van der Waals surface area contributed by atoms with Gasteiger partial charge in [-0.2, -0.15) is 0 Å². The Kier molecular flexibility index (Phi) is 5.53. The van der Waals surface area contributed by atoms with Gasteiger partial charge < -0.3 is 10.1 Å². The average molecular weight is 405 g/mol. The summed E-state index contributed by atoms with van der Waals surface area (Å²) in [5.41, 5.74) is 4.05. The number of halogens is 1. The minimum Gasteiger partial charge on any atom is -0.463 e. The van der Waals surface area contributed by atoms with Gasteiger partial charge in [-0.1, -0.05) is 42.5 Å². The largest absolute Gasteiger partial charge is 0.463 e. The number of dihydropyridines is 1. The van der Waals surface area contributed by atoms with Crippen LogP contribution in [0.2, 0.25) is 0 Å². The summed E-state index contributed by atoms with van der Waals surface area (Å²) in [6, 6.07) is 16.1. The van der Waals surface area contributed by atoms with Crippen LogP contribution in [0.15, 0.2) is 77.1 Å². The van der Waals surface area contributed by atoms with Crippen LogP contribution in [0.1, 0.15) is 49.7 Å². The van der Waals surface area contributed by atoms with E-state index in [0.29, 0.717) is 35.2 Å². The Morgan fingerprint density at radius 1 is 1.10 bits per heavy atom. The molecule has 1 heterocycles. The lowest BCUT2D eigenvalue weighted by atomic mass is 9.72. The van der Waals surface area contributed by atoms with E-state index in [1.54, 1.807) is 26.0 Å². The van der Waals surface area contributed by atoms with Crippen LogP contribution in [0, 0.1) is 5.82 Å². The Morgan fingerprint density at radius 3 is 2.53 bits per heavy atom. The van der Waals surface area contributed by atoms with Gasteiger partial charge in [0, 0.05) is 29.3 Å². The van der Waals surface area contributed by atoms with E-state index in [4.69, 9.17) is 4.74 Å². The van der Waals surface area contributed by atoms with Crippen molar-refractivity contribution >= 4 is 11.8 Å². The predicted octanol–water partition coefficient (Wildman–Crippen LogP) is 4.75. The zero-order valence-electron chi connectivity index (χ0n) is 17.1. The summed E-state index contributed by atoms with van der Waals surface area (Å²) < 4.78 is 19.3. The van der Waals surface area contributed by atoms with Crippen LogP contribution in [-0.2, 0) is 14.3 Å². The number of esters is 1. The summed E-state index contributed by atoms with van der Waals surface area (Å²) in [4.78, 5) is 26.1. The Balaban J connectivity index is 1.81. The smallest absolute Gasteiger partial charge is 0.336 e. The minimum absolute atomic E-state index is 0.0267. The fraction of sp³-hybridized carbons (Fsp3) is 0.280. The monoisotopic (exact) mass is 405 g/mol. The van der Waals surface area contributed by atoms with Crippen molar-refractivity contribution in [2.45, 2.75) is 38.5 Å². The Hall–Kier alpha value is -3.21. The van der Waals surface area contributed by atoms with Gasteiger partial charge in [0.25, 0.3) is 0 Å². The van der Waals surface area contributed by atoms with Gasteiger partial charge in [-0.3, -0.25) is 4.79 Å². The second-order valence-corrected chi connectivity index (χ2v) is 7.70. The van der Waals surface area contributed by atoms with Crippen molar-refractivity contribution in [3.8, 4) is 0 Å². The normalized spacial score (nSPS) is 21.2. The van der Waals surface area contributed by atoms with Crippen LogP contribution in [-0.4, -0.2) is 18.4 Å². The molecule has 30 heavy (non-hydrogen) atoms. The molecule has 2 atom stereocenters. The first-order valence-corrected chi connectivity index (χ1v) is 10.2. The van der Waals surface area contributed by atoms with Crippen LogP contribution in [0.5, 0.6) is 0 Å². The van der Waals surface area contributed by atoms with Crippen molar-refractivity contribution in [2.24, 2.45) is 0 Å². The maximum absolute atomic E-state index is 14.1. The van der Waals surface area contributed by atoms with E-state index in [9.17, 15) is 14.0 Å². The van der Waals surface area contributed by atoms with Crippen LogP contribution in [0.25, 0.3) is 0 Å². The maximum atomic E-state index is 14.1. The van der Waals surface area contributed by atoms with Crippen LogP contribution < -0.4 is 5.32 Å². The molecular formula is C25H24FNO3. The lowest BCUT2D eigenvalue weighted by Crippen LogP contribution is -2.36. The van der Waals surface area contributed by atoms with Gasteiger partial charge in [0.1, 0.15) is 5.82 Å². The molecule has 4 rings (SSSR count). The number of benzene rings is 2. The summed E-state index contributed by atoms with van der Waals surface area (Å²) in [7, 11) is 0. The zero-order valence-corrected chi connectivity index (χ0v) is 17.1. The summed E-state index contributed by atoms with van der Waals surface area (Å²) in [5, 5.41) is 3.30. The standard InChI is InChI=1S/C25H24FNO3/c1-3-30-25(29)22-15(2)27-20-13-18(16-8-5-4-6-9-16)14-21(28)24(20)23(22)17-10-7-11-19(26)12-17/h4-12,18,23,27H,3,13-14H2,1-2H3/t18-,23+/m0/s1. The summed E-state index contributed by atoms with van der Waals surface area (Å²) in [6.45, 7) is 3.77. The first-order chi connectivity index (χ1) is 14.5. The van der Waals surface area contributed by atoms with E-state index in [0.717, 1.165) is 11.3 Å². The van der Waals surface area contributed by atoms with E-state index in [-0.39, 0.29) is 18.3 Å². The number of carbonyl (C=O) groups excluding carboxylic acids is 2. The Bertz CT molecular complexity index is 1060. The Labute approximate surface area is 175 Å². The molecule has 0 unspecified atom stereocenters. The third-order valence-corrected chi connectivity index (χ3v) is 5.78. The number of ketones is 1. The molecule has 0 radical (unpaired) electrons. The second-order valence-electron chi connectivity index (χ2n) is 7.70. The van der Waals surface area contributed by atoms with Gasteiger partial charge >= 0.3 is 5.97 Å². The van der Waals surface area contributed by atoms with Gasteiger partial charge in [-0.25, -0.2) is 9.18 Å². The highest BCUT2D eigenvalue weighted by atomic mass is 19.1. The number of hydrogen-bond donors (Lipinski definition) is 1. The van der Waals surface area contributed by atoms with Crippen molar-refractivity contribution in [3.63, 3.8) is 0 Å². The molecular weight excluding hydrogens is 381 g/mol. The van der Waals surface area contributed by atoms with Crippen molar-refractivity contribution < 1.29 is 18.7 Å². The van der Waals surface area contributed by atoms with Crippen LogP contribution in [0.3, 0.4) is 0 Å². The summed E-state index contributed by atoms with van der Waals surface area (Å²) in [5.74, 6) is -1.49. The van der Waals surface area contributed by atoms with E-state index in [2.05, 4.69) is 5.32 Å². The second kappa shape index (κ2) is 8.27. The predicted molar refractivity (Wildman–Crippen MR) is 112 cm³/mol. The molecule has 4 nitrogen and oxygen atoms in total. The average Bonchev–Trinajstić information content (AvgIpc) is 2.73. The van der Waals surface area contributed by atoms with Crippen LogP contribution in [0.4, 0.5) is 4.39 Å². The molecule has 0 saturated heterocycles. The van der Waals surface area contributed by atoms with Gasteiger partial charge in [0.15, 0.2) is 5.78 Å². The van der Waals surface area contributed by atoms with Crippen molar-refractivity contribution in [1.82, 2.24) is 5.32 Å². The van der Waals surface area contributed by atoms with Crippen molar-refractivity contribution in [1.29, 1.82) is 0 Å². The molecule has 0 bridgehead atoms. The first kappa shape index (κ1) is 20.1. The zero-order chi connectivity index (χ0) is 21.3. The number of allylic oxidation sites excluding steroid dienone is 3. The van der Waals surface area contributed by atoms with Crippen LogP contribution >= 0.6 is 0 Å². The molecule has 1 aliphatic heterocycles.